The lowest BCUT2D eigenvalue weighted by molar-refractivity contribution is -0.139. The summed E-state index contributed by atoms with van der Waals surface area (Å²) in [7, 11) is 0. The SMILES string of the molecule is CCOCCCN1C(=O)C(O)=C(C(=O)NCc2ccc(Cl)c(Cl)c2)C1c1ccccc1OCC(=O)O. The monoisotopic (exact) mass is 536 g/mol. The third-order valence-corrected chi connectivity index (χ3v) is 6.18. The lowest BCUT2D eigenvalue weighted by Crippen LogP contribution is -2.34. The zero-order valence-corrected chi connectivity index (χ0v) is 21.0. The van der Waals surface area contributed by atoms with E-state index in [9.17, 15) is 19.5 Å². The average Bonchev–Trinajstić information content (AvgIpc) is 3.11. The smallest absolute Gasteiger partial charge is 0.341 e. The first-order valence-electron chi connectivity index (χ1n) is 11.2. The lowest BCUT2D eigenvalue weighted by Gasteiger charge is -2.28. The van der Waals surface area contributed by atoms with Crippen LogP contribution in [-0.2, 0) is 25.7 Å². The molecule has 3 N–H and O–H groups in total. The molecule has 2 amide bonds. The van der Waals surface area contributed by atoms with Crippen molar-refractivity contribution in [2.45, 2.75) is 25.9 Å². The predicted octanol–water partition coefficient (Wildman–Crippen LogP) is 3.90. The molecular formula is C25H26Cl2N2O7. The topological polar surface area (TPSA) is 125 Å². The van der Waals surface area contributed by atoms with Crippen LogP contribution in [0.15, 0.2) is 53.8 Å². The number of benzene rings is 2. The second-order valence-electron chi connectivity index (χ2n) is 7.87. The molecular weight excluding hydrogens is 511 g/mol. The molecule has 3 rings (SSSR count). The number of aliphatic hydroxyl groups excluding tert-OH is 1. The van der Waals surface area contributed by atoms with Crippen molar-refractivity contribution >= 4 is 41.0 Å². The molecule has 1 heterocycles. The second-order valence-corrected chi connectivity index (χ2v) is 8.68. The van der Waals surface area contributed by atoms with Crippen molar-refractivity contribution in [3.05, 3.63) is 75.0 Å². The number of carboxylic acids is 1. The number of carbonyl (C=O) groups is 3. The zero-order valence-electron chi connectivity index (χ0n) is 19.5. The molecule has 192 valence electrons. The molecule has 1 aliphatic rings. The number of nitrogens with one attached hydrogen (secondary N) is 1. The number of aliphatic carboxylic acids is 1. The molecule has 2 aromatic carbocycles. The number of nitrogens with zero attached hydrogens (tertiary/aromatic N) is 1. The number of carboxylic acid groups (broad SMARTS) is 1. The van der Waals surface area contributed by atoms with Crippen molar-refractivity contribution < 1.29 is 34.1 Å². The molecule has 1 atom stereocenters. The number of aliphatic hydroxyl groups is 1. The van der Waals surface area contributed by atoms with Gasteiger partial charge < -0.3 is 29.9 Å². The number of para-hydroxylation sites is 1. The normalized spacial score (nSPS) is 15.4. The summed E-state index contributed by atoms with van der Waals surface area (Å²) in [6.07, 6.45) is 0.458. The van der Waals surface area contributed by atoms with E-state index in [1.165, 1.54) is 4.90 Å². The fourth-order valence-electron chi connectivity index (χ4n) is 3.83. The van der Waals surface area contributed by atoms with E-state index in [1.54, 1.807) is 42.5 Å². The number of halogens is 2. The van der Waals surface area contributed by atoms with Gasteiger partial charge >= 0.3 is 5.97 Å². The molecule has 11 heteroatoms. The molecule has 0 spiro atoms. The Morgan fingerprint density at radius 3 is 2.58 bits per heavy atom. The van der Waals surface area contributed by atoms with E-state index in [0.29, 0.717) is 40.8 Å². The van der Waals surface area contributed by atoms with Gasteiger partial charge in [-0.3, -0.25) is 9.59 Å². The molecule has 9 nitrogen and oxygen atoms in total. The van der Waals surface area contributed by atoms with Crippen LogP contribution in [0, 0.1) is 0 Å². The minimum absolute atomic E-state index is 0.0644. The fraction of sp³-hybridized carbons (Fsp3) is 0.320. The van der Waals surface area contributed by atoms with E-state index in [2.05, 4.69) is 5.32 Å². The summed E-state index contributed by atoms with van der Waals surface area (Å²) >= 11 is 12.0. The minimum atomic E-state index is -1.18. The van der Waals surface area contributed by atoms with E-state index in [4.69, 9.17) is 37.8 Å². The van der Waals surface area contributed by atoms with Crippen molar-refractivity contribution in [2.75, 3.05) is 26.4 Å². The van der Waals surface area contributed by atoms with Crippen LogP contribution in [0.1, 0.15) is 30.5 Å². The van der Waals surface area contributed by atoms with Gasteiger partial charge in [0.25, 0.3) is 11.8 Å². The summed E-state index contributed by atoms with van der Waals surface area (Å²) in [6, 6.07) is 10.4. The van der Waals surface area contributed by atoms with Crippen LogP contribution in [0.25, 0.3) is 0 Å². The third kappa shape index (κ3) is 6.48. The number of rotatable bonds is 12. The van der Waals surface area contributed by atoms with Gasteiger partial charge in [-0.25, -0.2) is 4.79 Å². The highest BCUT2D eigenvalue weighted by Gasteiger charge is 2.44. The Labute approximate surface area is 218 Å². The number of ether oxygens (including phenoxy) is 2. The summed E-state index contributed by atoms with van der Waals surface area (Å²) < 4.78 is 10.8. The number of carbonyl (C=O) groups excluding carboxylic acids is 2. The van der Waals surface area contributed by atoms with Gasteiger partial charge in [0.05, 0.1) is 21.7 Å². The minimum Gasteiger partial charge on any atom is -0.503 e. The Morgan fingerprint density at radius 2 is 1.89 bits per heavy atom. The maximum atomic E-state index is 13.3. The van der Waals surface area contributed by atoms with Gasteiger partial charge in [-0.15, -0.1) is 0 Å². The molecule has 2 aromatic rings. The summed E-state index contributed by atoms with van der Waals surface area (Å²) in [5.41, 5.74) is 0.868. The first-order chi connectivity index (χ1) is 17.2. The van der Waals surface area contributed by atoms with E-state index < -0.39 is 36.2 Å². The van der Waals surface area contributed by atoms with Crippen LogP contribution in [0.4, 0.5) is 0 Å². The van der Waals surface area contributed by atoms with Gasteiger partial charge in [-0.2, -0.15) is 0 Å². The van der Waals surface area contributed by atoms with E-state index in [-0.39, 0.29) is 24.4 Å². The molecule has 0 saturated heterocycles. The maximum Gasteiger partial charge on any atom is 0.341 e. The second kappa shape index (κ2) is 12.6. The lowest BCUT2D eigenvalue weighted by atomic mass is 9.97. The Hall–Kier alpha value is -3.27. The Bertz CT molecular complexity index is 1170. The first-order valence-corrected chi connectivity index (χ1v) is 12.0. The summed E-state index contributed by atoms with van der Waals surface area (Å²) in [5, 5.41) is 23.2. The summed E-state index contributed by atoms with van der Waals surface area (Å²) in [4.78, 5) is 38.7. The summed E-state index contributed by atoms with van der Waals surface area (Å²) in [5.74, 6) is -3.08. The van der Waals surface area contributed by atoms with Gasteiger partial charge in [-0.1, -0.05) is 47.5 Å². The van der Waals surface area contributed by atoms with Crippen molar-refractivity contribution in [3.8, 4) is 5.75 Å². The van der Waals surface area contributed by atoms with Gasteiger partial charge in [0, 0.05) is 31.9 Å². The molecule has 0 radical (unpaired) electrons. The fourth-order valence-corrected chi connectivity index (χ4v) is 4.15. The number of hydrogen-bond donors (Lipinski definition) is 3. The standard InChI is InChI=1S/C25H26Cl2N2O7/c1-2-35-11-5-10-29-22(16-6-3-4-7-19(16)36-14-20(30)31)21(23(32)25(29)34)24(33)28-13-15-8-9-17(26)18(27)12-15/h3-4,6-9,12,22,32H,2,5,10-11,13-14H2,1H3,(H,28,33)(H,30,31). The molecule has 1 aliphatic heterocycles. The van der Waals surface area contributed by atoms with Crippen molar-refractivity contribution in [1.29, 1.82) is 0 Å². The van der Waals surface area contributed by atoms with Gasteiger partial charge in [0.1, 0.15) is 5.75 Å². The predicted molar refractivity (Wildman–Crippen MR) is 133 cm³/mol. The van der Waals surface area contributed by atoms with Crippen LogP contribution in [-0.4, -0.2) is 59.3 Å². The first kappa shape index (κ1) is 27.3. The summed E-state index contributed by atoms with van der Waals surface area (Å²) in [6.45, 7) is 2.37. The van der Waals surface area contributed by atoms with Crippen molar-refractivity contribution in [1.82, 2.24) is 10.2 Å². The van der Waals surface area contributed by atoms with E-state index >= 15 is 0 Å². The van der Waals surface area contributed by atoms with Crippen LogP contribution >= 0.6 is 23.2 Å². The van der Waals surface area contributed by atoms with Crippen LogP contribution in [0.5, 0.6) is 5.75 Å². The van der Waals surface area contributed by atoms with Crippen LogP contribution in [0.2, 0.25) is 10.0 Å². The average molecular weight is 537 g/mol. The Balaban J connectivity index is 1.92. The molecule has 0 aliphatic carbocycles. The maximum absolute atomic E-state index is 13.3. The van der Waals surface area contributed by atoms with Gasteiger partial charge in [-0.05, 0) is 37.1 Å². The van der Waals surface area contributed by atoms with Crippen molar-refractivity contribution in [3.63, 3.8) is 0 Å². The van der Waals surface area contributed by atoms with E-state index in [0.717, 1.165) is 0 Å². The molecule has 0 bridgehead atoms. The van der Waals surface area contributed by atoms with Crippen molar-refractivity contribution in [2.24, 2.45) is 0 Å². The highest BCUT2D eigenvalue weighted by molar-refractivity contribution is 6.42. The number of hydrogen-bond acceptors (Lipinski definition) is 6. The molecule has 36 heavy (non-hydrogen) atoms. The van der Waals surface area contributed by atoms with Crippen LogP contribution in [0.3, 0.4) is 0 Å². The van der Waals surface area contributed by atoms with Gasteiger partial charge in [0.15, 0.2) is 12.4 Å². The number of amides is 2. The highest BCUT2D eigenvalue weighted by atomic mass is 35.5. The molecule has 0 saturated carbocycles. The quantitative estimate of drug-likeness (QED) is 0.351. The Kier molecular flexibility index (Phi) is 9.58. The van der Waals surface area contributed by atoms with E-state index in [1.807, 2.05) is 6.92 Å². The third-order valence-electron chi connectivity index (χ3n) is 5.44. The molecule has 1 unspecified atom stereocenters. The zero-order chi connectivity index (χ0) is 26.2. The molecule has 0 fully saturated rings. The molecule has 0 aromatic heterocycles. The largest absolute Gasteiger partial charge is 0.503 e. The highest BCUT2D eigenvalue weighted by Crippen LogP contribution is 2.41. The van der Waals surface area contributed by atoms with Crippen LogP contribution < -0.4 is 10.1 Å². The Morgan fingerprint density at radius 1 is 1.14 bits per heavy atom. The van der Waals surface area contributed by atoms with Gasteiger partial charge in [0.2, 0.25) is 0 Å².